The first kappa shape index (κ1) is 14.0. The summed E-state index contributed by atoms with van der Waals surface area (Å²) in [5.74, 6) is -0.0363. The molecule has 0 spiro atoms. The second kappa shape index (κ2) is 5.70. The zero-order valence-electron chi connectivity index (χ0n) is 10.6. The van der Waals surface area contributed by atoms with Gasteiger partial charge in [-0.1, -0.05) is 12.1 Å². The Bertz CT molecular complexity index is 575. The molecule has 0 aliphatic carbocycles. The van der Waals surface area contributed by atoms with Gasteiger partial charge in [0.25, 0.3) is 0 Å². The second-order valence-electron chi connectivity index (χ2n) is 4.83. The standard InChI is InChI=1S/C13H17N3O2S/c14-8-11-3-5-12(6-4-11)10-19(17,18)16-7-1-2-13(15)9-16/h3-6,13H,1-2,7,9-10,15H2/t13-/m1/s1. The van der Waals surface area contributed by atoms with Gasteiger partial charge in [-0.15, -0.1) is 0 Å². The van der Waals surface area contributed by atoms with Gasteiger partial charge in [-0.25, -0.2) is 12.7 Å². The molecule has 1 heterocycles. The van der Waals surface area contributed by atoms with Gasteiger partial charge in [-0.3, -0.25) is 0 Å². The van der Waals surface area contributed by atoms with E-state index in [0.717, 1.165) is 12.8 Å². The van der Waals surface area contributed by atoms with Crippen molar-refractivity contribution in [2.75, 3.05) is 13.1 Å². The summed E-state index contributed by atoms with van der Waals surface area (Å²) in [5, 5.41) is 8.70. The SMILES string of the molecule is N#Cc1ccc(CS(=O)(=O)N2CCC[C@@H](N)C2)cc1. The van der Waals surface area contributed by atoms with E-state index in [9.17, 15) is 8.42 Å². The Morgan fingerprint density at radius 2 is 2.05 bits per heavy atom. The minimum absolute atomic E-state index is 0.0363. The van der Waals surface area contributed by atoms with Crippen molar-refractivity contribution in [3.63, 3.8) is 0 Å². The summed E-state index contributed by atoms with van der Waals surface area (Å²) in [5.41, 5.74) is 7.03. The van der Waals surface area contributed by atoms with Crippen molar-refractivity contribution in [2.45, 2.75) is 24.6 Å². The fourth-order valence-electron chi connectivity index (χ4n) is 2.20. The lowest BCUT2D eigenvalue weighted by molar-refractivity contribution is 0.316. The van der Waals surface area contributed by atoms with Gasteiger partial charge in [-0.05, 0) is 30.5 Å². The summed E-state index contributed by atoms with van der Waals surface area (Å²) in [4.78, 5) is 0. The van der Waals surface area contributed by atoms with Crippen molar-refractivity contribution < 1.29 is 8.42 Å². The summed E-state index contributed by atoms with van der Waals surface area (Å²) in [6.45, 7) is 0.949. The molecule has 1 saturated heterocycles. The number of nitrogens with zero attached hydrogens (tertiary/aromatic N) is 2. The lowest BCUT2D eigenvalue weighted by Gasteiger charge is -2.29. The van der Waals surface area contributed by atoms with Crippen LogP contribution in [0.4, 0.5) is 0 Å². The number of rotatable bonds is 3. The lowest BCUT2D eigenvalue weighted by Crippen LogP contribution is -2.46. The first-order chi connectivity index (χ1) is 9.01. The molecule has 1 aromatic rings. The van der Waals surface area contributed by atoms with E-state index in [1.165, 1.54) is 4.31 Å². The smallest absolute Gasteiger partial charge is 0.218 e. The van der Waals surface area contributed by atoms with Crippen LogP contribution in [0.2, 0.25) is 0 Å². The van der Waals surface area contributed by atoms with E-state index in [0.29, 0.717) is 24.2 Å². The van der Waals surface area contributed by atoms with Crippen LogP contribution in [-0.4, -0.2) is 31.9 Å². The van der Waals surface area contributed by atoms with E-state index in [2.05, 4.69) is 0 Å². The first-order valence-corrected chi connectivity index (χ1v) is 7.84. The normalized spacial score (nSPS) is 20.9. The van der Waals surface area contributed by atoms with Gasteiger partial charge in [0, 0.05) is 19.1 Å². The third-order valence-electron chi connectivity index (χ3n) is 3.25. The molecule has 1 atom stereocenters. The molecule has 102 valence electrons. The zero-order valence-corrected chi connectivity index (χ0v) is 11.4. The quantitative estimate of drug-likeness (QED) is 0.887. The Balaban J connectivity index is 2.09. The monoisotopic (exact) mass is 279 g/mol. The fraction of sp³-hybridized carbons (Fsp3) is 0.462. The molecular weight excluding hydrogens is 262 g/mol. The van der Waals surface area contributed by atoms with Gasteiger partial charge in [-0.2, -0.15) is 5.26 Å². The summed E-state index contributed by atoms with van der Waals surface area (Å²) in [6, 6.07) is 8.57. The van der Waals surface area contributed by atoms with Crippen molar-refractivity contribution in [1.82, 2.24) is 4.31 Å². The van der Waals surface area contributed by atoms with Gasteiger partial charge < -0.3 is 5.73 Å². The first-order valence-electron chi connectivity index (χ1n) is 6.24. The minimum atomic E-state index is -3.32. The molecule has 1 aliphatic rings. The predicted octanol–water partition coefficient (Wildman–Crippen LogP) is 0.811. The molecule has 0 saturated carbocycles. The molecule has 2 rings (SSSR count). The molecule has 5 nitrogen and oxygen atoms in total. The average molecular weight is 279 g/mol. The largest absolute Gasteiger partial charge is 0.327 e. The van der Waals surface area contributed by atoms with Crippen LogP contribution in [0, 0.1) is 11.3 Å². The molecule has 0 amide bonds. The summed E-state index contributed by atoms with van der Waals surface area (Å²) in [6.07, 6.45) is 1.69. The number of benzene rings is 1. The van der Waals surface area contributed by atoms with Crippen LogP contribution in [0.5, 0.6) is 0 Å². The summed E-state index contributed by atoms with van der Waals surface area (Å²) >= 11 is 0. The number of nitrogens with two attached hydrogens (primary N) is 1. The van der Waals surface area contributed by atoms with E-state index in [-0.39, 0.29) is 11.8 Å². The Hall–Kier alpha value is -1.42. The number of hydrogen-bond donors (Lipinski definition) is 1. The lowest BCUT2D eigenvalue weighted by atomic mass is 10.1. The van der Waals surface area contributed by atoms with Crippen molar-refractivity contribution in [3.05, 3.63) is 35.4 Å². The van der Waals surface area contributed by atoms with Crippen molar-refractivity contribution in [3.8, 4) is 6.07 Å². The maximum absolute atomic E-state index is 12.3. The Morgan fingerprint density at radius 3 is 2.63 bits per heavy atom. The summed E-state index contributed by atoms with van der Waals surface area (Å²) in [7, 11) is -3.32. The molecule has 2 N–H and O–H groups in total. The minimum Gasteiger partial charge on any atom is -0.327 e. The Morgan fingerprint density at radius 1 is 1.37 bits per heavy atom. The highest BCUT2D eigenvalue weighted by atomic mass is 32.2. The summed E-state index contributed by atoms with van der Waals surface area (Å²) < 4.78 is 26.0. The highest BCUT2D eigenvalue weighted by molar-refractivity contribution is 7.88. The average Bonchev–Trinajstić information content (AvgIpc) is 2.39. The van der Waals surface area contributed by atoms with Gasteiger partial charge in [0.2, 0.25) is 10.0 Å². The maximum Gasteiger partial charge on any atom is 0.218 e. The van der Waals surface area contributed by atoms with Crippen molar-refractivity contribution in [2.24, 2.45) is 5.73 Å². The predicted molar refractivity (Wildman–Crippen MR) is 72.6 cm³/mol. The maximum atomic E-state index is 12.3. The Labute approximate surface area is 113 Å². The molecule has 0 radical (unpaired) electrons. The van der Waals surface area contributed by atoms with E-state index >= 15 is 0 Å². The molecule has 1 fully saturated rings. The second-order valence-corrected chi connectivity index (χ2v) is 6.79. The Kier molecular flexibility index (Phi) is 4.20. The van der Waals surface area contributed by atoms with Crippen molar-refractivity contribution in [1.29, 1.82) is 5.26 Å². The number of sulfonamides is 1. The highest BCUT2D eigenvalue weighted by Gasteiger charge is 2.27. The van der Waals surface area contributed by atoms with Gasteiger partial charge in [0.15, 0.2) is 0 Å². The fourth-order valence-corrected chi connectivity index (χ4v) is 3.83. The van der Waals surface area contributed by atoms with Crippen LogP contribution < -0.4 is 5.73 Å². The molecule has 0 unspecified atom stereocenters. The topological polar surface area (TPSA) is 87.2 Å². The van der Waals surface area contributed by atoms with E-state index in [4.69, 9.17) is 11.0 Å². The molecule has 1 aliphatic heterocycles. The van der Waals surface area contributed by atoms with Crippen LogP contribution in [0.15, 0.2) is 24.3 Å². The van der Waals surface area contributed by atoms with Crippen LogP contribution in [0.3, 0.4) is 0 Å². The number of nitriles is 1. The van der Waals surface area contributed by atoms with Gasteiger partial charge in [0.05, 0.1) is 17.4 Å². The molecule has 0 aromatic heterocycles. The van der Waals surface area contributed by atoms with Crippen LogP contribution in [0.1, 0.15) is 24.0 Å². The third-order valence-corrected chi connectivity index (χ3v) is 5.06. The van der Waals surface area contributed by atoms with Crippen LogP contribution in [-0.2, 0) is 15.8 Å². The van der Waals surface area contributed by atoms with E-state index in [1.807, 2.05) is 6.07 Å². The number of hydrogen-bond acceptors (Lipinski definition) is 4. The molecule has 19 heavy (non-hydrogen) atoms. The molecule has 0 bridgehead atoms. The molecular formula is C13H17N3O2S. The molecule has 6 heteroatoms. The third kappa shape index (κ3) is 3.53. The van der Waals surface area contributed by atoms with E-state index < -0.39 is 10.0 Å². The van der Waals surface area contributed by atoms with E-state index in [1.54, 1.807) is 24.3 Å². The number of piperidine rings is 1. The van der Waals surface area contributed by atoms with Crippen LogP contribution >= 0.6 is 0 Å². The van der Waals surface area contributed by atoms with Crippen molar-refractivity contribution >= 4 is 10.0 Å². The molecule has 1 aromatic carbocycles. The van der Waals surface area contributed by atoms with Gasteiger partial charge in [0.1, 0.15) is 0 Å². The van der Waals surface area contributed by atoms with Crippen LogP contribution in [0.25, 0.3) is 0 Å². The zero-order chi connectivity index (χ0) is 13.9. The highest BCUT2D eigenvalue weighted by Crippen LogP contribution is 2.17. The van der Waals surface area contributed by atoms with Gasteiger partial charge >= 0.3 is 0 Å².